The Hall–Kier alpha value is -1.08. The van der Waals surface area contributed by atoms with Crippen molar-refractivity contribution in [2.45, 2.75) is 32.9 Å². The minimum absolute atomic E-state index is 0. The van der Waals surface area contributed by atoms with E-state index in [2.05, 4.69) is 24.1 Å². The largest absolute Gasteiger partial charge is 0.467 e. The van der Waals surface area contributed by atoms with Crippen molar-refractivity contribution in [3.63, 3.8) is 0 Å². The van der Waals surface area contributed by atoms with Gasteiger partial charge in [0.05, 0.1) is 24.3 Å². The average molecular weight is 352 g/mol. The number of nitrogens with two attached hydrogens (primary N) is 1. The number of rotatable bonds is 5. The molecule has 21 heavy (non-hydrogen) atoms. The van der Waals surface area contributed by atoms with Crippen molar-refractivity contribution in [2.24, 2.45) is 5.73 Å². The van der Waals surface area contributed by atoms with Crippen LogP contribution in [0.5, 0.6) is 0 Å². The van der Waals surface area contributed by atoms with Crippen molar-refractivity contribution in [3.8, 4) is 0 Å². The number of amides is 1. The Morgan fingerprint density at radius 3 is 2.71 bits per heavy atom. The molecule has 2 rings (SSSR count). The van der Waals surface area contributed by atoms with Gasteiger partial charge in [0.1, 0.15) is 17.0 Å². The Kier molecular flexibility index (Phi) is 8.58. The molecule has 0 aliphatic heterocycles. The summed E-state index contributed by atoms with van der Waals surface area (Å²) in [5.74, 6) is 0.827. The number of hydrogen-bond acceptors (Lipinski definition) is 5. The molecule has 1 amide bonds. The first kappa shape index (κ1) is 19.9. The summed E-state index contributed by atoms with van der Waals surface area (Å²) in [4.78, 5) is 16.3. The molecule has 0 spiro atoms. The second-order valence-electron chi connectivity index (χ2n) is 4.51. The van der Waals surface area contributed by atoms with E-state index in [1.165, 1.54) is 6.26 Å². The van der Waals surface area contributed by atoms with Gasteiger partial charge in [0.25, 0.3) is 5.91 Å². The van der Waals surface area contributed by atoms with Crippen LogP contribution in [0.1, 0.15) is 46.6 Å². The molecular weight excluding hydrogens is 333 g/mol. The monoisotopic (exact) mass is 351 g/mol. The molecule has 0 aliphatic carbocycles. The summed E-state index contributed by atoms with van der Waals surface area (Å²) >= 11 is 1.56. The summed E-state index contributed by atoms with van der Waals surface area (Å²) in [7, 11) is 0. The standard InChI is InChI=1S/C13H17N3O2S.2ClH/c1-8(2)11-7-19-12(16-11)5-15-13(17)9-3-10(4-14)18-6-9;;/h3,6-8H,4-5,14H2,1-2H3,(H,15,17);2*1H. The quantitative estimate of drug-likeness (QED) is 0.866. The molecule has 0 fully saturated rings. The van der Waals surface area contributed by atoms with E-state index in [4.69, 9.17) is 10.2 Å². The van der Waals surface area contributed by atoms with E-state index in [-0.39, 0.29) is 37.3 Å². The fourth-order valence-electron chi connectivity index (χ4n) is 1.54. The lowest BCUT2D eigenvalue weighted by atomic mass is 10.2. The van der Waals surface area contributed by atoms with Gasteiger partial charge in [0, 0.05) is 5.38 Å². The number of hydrogen-bond donors (Lipinski definition) is 2. The maximum atomic E-state index is 11.9. The SMILES string of the molecule is CC(C)c1csc(CNC(=O)c2coc(CN)c2)n1.Cl.Cl. The number of carbonyl (C=O) groups is 1. The number of thiazole rings is 1. The van der Waals surface area contributed by atoms with Crippen LogP contribution < -0.4 is 11.1 Å². The van der Waals surface area contributed by atoms with Gasteiger partial charge < -0.3 is 15.5 Å². The van der Waals surface area contributed by atoms with Gasteiger partial charge in [-0.05, 0) is 12.0 Å². The molecular formula is C13H19Cl2N3O2S. The van der Waals surface area contributed by atoms with E-state index in [9.17, 15) is 4.79 Å². The zero-order valence-corrected chi connectivity index (χ0v) is 14.2. The summed E-state index contributed by atoms with van der Waals surface area (Å²) in [5, 5.41) is 5.74. The predicted octanol–water partition coefficient (Wildman–Crippen LogP) is 3.09. The highest BCUT2D eigenvalue weighted by Gasteiger charge is 2.11. The number of nitrogens with one attached hydrogen (secondary N) is 1. The van der Waals surface area contributed by atoms with Crippen molar-refractivity contribution in [1.82, 2.24) is 10.3 Å². The Labute approximate surface area is 140 Å². The van der Waals surface area contributed by atoms with Crippen LogP contribution >= 0.6 is 36.2 Å². The molecule has 0 bridgehead atoms. The minimum atomic E-state index is -0.176. The summed E-state index contributed by atoms with van der Waals surface area (Å²) < 4.78 is 5.12. The van der Waals surface area contributed by atoms with Gasteiger partial charge in [-0.3, -0.25) is 4.79 Å². The van der Waals surface area contributed by atoms with Gasteiger partial charge in [-0.15, -0.1) is 36.2 Å². The summed E-state index contributed by atoms with van der Waals surface area (Å²) in [6, 6.07) is 1.65. The molecule has 0 atom stereocenters. The fourth-order valence-corrected chi connectivity index (χ4v) is 2.43. The first-order valence-corrected chi connectivity index (χ1v) is 6.98. The van der Waals surface area contributed by atoms with Crippen molar-refractivity contribution in [3.05, 3.63) is 39.7 Å². The molecule has 118 valence electrons. The molecule has 0 saturated carbocycles. The lowest BCUT2D eigenvalue weighted by Gasteiger charge is -2.00. The van der Waals surface area contributed by atoms with E-state index < -0.39 is 0 Å². The molecule has 0 aliphatic rings. The van der Waals surface area contributed by atoms with Crippen LogP contribution in [-0.4, -0.2) is 10.9 Å². The van der Waals surface area contributed by atoms with Crippen LogP contribution in [-0.2, 0) is 13.1 Å². The zero-order chi connectivity index (χ0) is 13.8. The molecule has 0 radical (unpaired) electrons. The number of aromatic nitrogens is 1. The van der Waals surface area contributed by atoms with Gasteiger partial charge in [-0.2, -0.15) is 0 Å². The van der Waals surface area contributed by atoms with Crippen LogP contribution in [0, 0.1) is 0 Å². The van der Waals surface area contributed by atoms with E-state index in [1.54, 1.807) is 17.4 Å². The van der Waals surface area contributed by atoms with Crippen LogP contribution in [0.4, 0.5) is 0 Å². The summed E-state index contributed by atoms with van der Waals surface area (Å²) in [5.41, 5.74) is 6.97. The number of nitrogens with zero attached hydrogens (tertiary/aromatic N) is 1. The van der Waals surface area contributed by atoms with Crippen molar-refractivity contribution in [2.75, 3.05) is 0 Å². The number of furan rings is 1. The Bertz CT molecular complexity index is 569. The van der Waals surface area contributed by atoms with E-state index in [0.29, 0.717) is 23.8 Å². The number of carbonyl (C=O) groups excluding carboxylic acids is 1. The first-order chi connectivity index (χ1) is 9.10. The molecule has 5 nitrogen and oxygen atoms in total. The normalized spacial score (nSPS) is 9.90. The van der Waals surface area contributed by atoms with E-state index >= 15 is 0 Å². The number of halogens is 2. The second kappa shape index (κ2) is 9.04. The maximum absolute atomic E-state index is 11.9. The van der Waals surface area contributed by atoms with Crippen molar-refractivity contribution >= 4 is 42.1 Å². The average Bonchev–Trinajstić information content (AvgIpc) is 3.04. The van der Waals surface area contributed by atoms with Gasteiger partial charge in [-0.1, -0.05) is 13.8 Å². The van der Waals surface area contributed by atoms with Crippen LogP contribution in [0.2, 0.25) is 0 Å². The third-order valence-corrected chi connectivity index (χ3v) is 3.55. The third kappa shape index (κ3) is 5.32. The molecule has 8 heteroatoms. The Balaban J connectivity index is 0.00000200. The lowest BCUT2D eigenvalue weighted by molar-refractivity contribution is 0.0950. The predicted molar refractivity (Wildman–Crippen MR) is 88.5 cm³/mol. The lowest BCUT2D eigenvalue weighted by Crippen LogP contribution is -2.22. The van der Waals surface area contributed by atoms with Gasteiger partial charge >= 0.3 is 0 Å². The van der Waals surface area contributed by atoms with Crippen molar-refractivity contribution in [1.29, 1.82) is 0 Å². The Morgan fingerprint density at radius 2 is 2.19 bits per heavy atom. The minimum Gasteiger partial charge on any atom is -0.467 e. The van der Waals surface area contributed by atoms with Crippen LogP contribution in [0.25, 0.3) is 0 Å². The third-order valence-electron chi connectivity index (χ3n) is 2.68. The van der Waals surface area contributed by atoms with Crippen molar-refractivity contribution < 1.29 is 9.21 Å². The maximum Gasteiger partial charge on any atom is 0.254 e. The molecule has 2 aromatic heterocycles. The first-order valence-electron chi connectivity index (χ1n) is 6.10. The molecule has 0 unspecified atom stereocenters. The molecule has 3 N–H and O–H groups in total. The second-order valence-corrected chi connectivity index (χ2v) is 5.45. The Morgan fingerprint density at radius 1 is 1.48 bits per heavy atom. The smallest absolute Gasteiger partial charge is 0.254 e. The fraction of sp³-hybridized carbons (Fsp3) is 0.385. The summed E-state index contributed by atoms with van der Waals surface area (Å²) in [6.45, 7) is 4.91. The van der Waals surface area contributed by atoms with Crippen LogP contribution in [0.3, 0.4) is 0 Å². The van der Waals surface area contributed by atoms with Gasteiger partial charge in [0.2, 0.25) is 0 Å². The molecule has 0 saturated heterocycles. The molecule has 2 heterocycles. The highest BCUT2D eigenvalue weighted by Crippen LogP contribution is 2.17. The van der Waals surface area contributed by atoms with Crippen LogP contribution in [0.15, 0.2) is 22.1 Å². The molecule has 0 aromatic carbocycles. The highest BCUT2D eigenvalue weighted by atomic mass is 35.5. The zero-order valence-electron chi connectivity index (χ0n) is 11.8. The van der Waals surface area contributed by atoms with E-state index in [0.717, 1.165) is 10.7 Å². The topological polar surface area (TPSA) is 81.2 Å². The van der Waals surface area contributed by atoms with Gasteiger partial charge in [0.15, 0.2) is 0 Å². The molecule has 2 aromatic rings. The summed E-state index contributed by atoms with van der Waals surface area (Å²) in [6.07, 6.45) is 1.42. The van der Waals surface area contributed by atoms with E-state index in [1.807, 2.05) is 5.38 Å². The van der Waals surface area contributed by atoms with Gasteiger partial charge in [-0.25, -0.2) is 4.98 Å². The highest BCUT2D eigenvalue weighted by molar-refractivity contribution is 7.09.